The predicted molar refractivity (Wildman–Crippen MR) is 108 cm³/mol. The summed E-state index contributed by atoms with van der Waals surface area (Å²) in [5, 5.41) is 21.2. The van der Waals surface area contributed by atoms with Gasteiger partial charge < -0.3 is 19.8 Å². The molecule has 5 heteroatoms. The molecule has 0 aliphatic rings. The largest absolute Gasteiger partial charge is 2.00 e. The maximum atomic E-state index is 10.8. The van der Waals surface area contributed by atoms with Crippen molar-refractivity contribution in [1.29, 1.82) is 0 Å². The standard InChI is InChI=1S/C22H40O4.Mg/c1-2-3-4-5-6-7-8-9-10-11-12-13-14-15-16-17-18-20(22(25)26)19-21(23)24;/h19H,2-18H2,1H3,(H,23,24)(H,25,26);/q;+2/p-2/b20-19-;. The van der Waals surface area contributed by atoms with Crippen molar-refractivity contribution in [3.8, 4) is 0 Å². The molecule has 4 nitrogen and oxygen atoms in total. The minimum atomic E-state index is -1.47. The average Bonchev–Trinajstić information content (AvgIpc) is 2.59. The zero-order valence-corrected chi connectivity index (χ0v) is 18.9. The second kappa shape index (κ2) is 21.7. The van der Waals surface area contributed by atoms with Crippen LogP contribution >= 0.6 is 0 Å². The van der Waals surface area contributed by atoms with Crippen molar-refractivity contribution in [3.63, 3.8) is 0 Å². The van der Waals surface area contributed by atoms with Gasteiger partial charge in [-0.2, -0.15) is 0 Å². The van der Waals surface area contributed by atoms with Crippen molar-refractivity contribution in [3.05, 3.63) is 11.6 Å². The van der Waals surface area contributed by atoms with Crippen LogP contribution in [0.5, 0.6) is 0 Å². The zero-order chi connectivity index (χ0) is 19.5. The van der Waals surface area contributed by atoms with E-state index in [4.69, 9.17) is 0 Å². The molecule has 0 saturated heterocycles. The van der Waals surface area contributed by atoms with E-state index >= 15 is 0 Å². The van der Waals surface area contributed by atoms with Crippen LogP contribution in [-0.4, -0.2) is 35.0 Å². The van der Waals surface area contributed by atoms with Crippen LogP contribution in [0.3, 0.4) is 0 Å². The Morgan fingerprint density at radius 2 is 0.963 bits per heavy atom. The number of hydrogen-bond donors (Lipinski definition) is 0. The Morgan fingerprint density at radius 3 is 1.26 bits per heavy atom. The van der Waals surface area contributed by atoms with E-state index in [9.17, 15) is 19.8 Å². The fraction of sp³-hybridized carbons (Fsp3) is 0.818. The van der Waals surface area contributed by atoms with Crippen molar-refractivity contribution < 1.29 is 19.8 Å². The maximum Gasteiger partial charge on any atom is 2.00 e. The molecule has 0 rings (SSSR count). The summed E-state index contributed by atoms with van der Waals surface area (Å²) in [6.45, 7) is 2.25. The zero-order valence-electron chi connectivity index (χ0n) is 17.4. The van der Waals surface area contributed by atoms with E-state index in [0.717, 1.165) is 12.8 Å². The summed E-state index contributed by atoms with van der Waals surface area (Å²) in [6, 6.07) is 0. The summed E-state index contributed by atoms with van der Waals surface area (Å²) in [4.78, 5) is 21.2. The molecule has 0 fully saturated rings. The van der Waals surface area contributed by atoms with Crippen LogP contribution in [0.25, 0.3) is 0 Å². The summed E-state index contributed by atoms with van der Waals surface area (Å²) in [5.74, 6) is -2.88. The number of carboxylic acid groups (broad SMARTS) is 2. The Hall–Kier alpha value is -0.554. The first-order valence-corrected chi connectivity index (χ1v) is 10.7. The van der Waals surface area contributed by atoms with Gasteiger partial charge in [-0.3, -0.25) is 0 Å². The molecule has 152 valence electrons. The Kier molecular flexibility index (Phi) is 23.1. The van der Waals surface area contributed by atoms with Gasteiger partial charge in [-0.25, -0.2) is 0 Å². The van der Waals surface area contributed by atoms with Gasteiger partial charge in [-0.1, -0.05) is 103 Å². The molecule has 0 radical (unpaired) electrons. The van der Waals surface area contributed by atoms with Crippen LogP contribution in [0.2, 0.25) is 0 Å². The van der Waals surface area contributed by atoms with Gasteiger partial charge in [-0.15, -0.1) is 0 Å². The van der Waals surface area contributed by atoms with Gasteiger partial charge in [-0.05, 0) is 24.5 Å². The molecular weight excluding hydrogens is 353 g/mol. The topological polar surface area (TPSA) is 80.3 Å². The summed E-state index contributed by atoms with van der Waals surface area (Å²) in [6.07, 6.45) is 21.0. The SMILES string of the molecule is CCCCCCCCCCCCCCCCCC/C(=C/C(=O)[O-])C(=O)[O-].[Mg+2]. The first-order valence-electron chi connectivity index (χ1n) is 10.7. The maximum absolute atomic E-state index is 10.8. The molecule has 0 aromatic carbocycles. The van der Waals surface area contributed by atoms with E-state index in [1.54, 1.807) is 0 Å². The molecule has 0 aliphatic heterocycles. The Morgan fingerprint density at radius 1 is 0.630 bits per heavy atom. The van der Waals surface area contributed by atoms with Gasteiger partial charge in [0.15, 0.2) is 0 Å². The Bertz CT molecular complexity index is 394. The Balaban J connectivity index is 0. The quantitative estimate of drug-likeness (QED) is 0.191. The second-order valence-corrected chi connectivity index (χ2v) is 7.33. The molecule has 0 aliphatic carbocycles. The minimum Gasteiger partial charge on any atom is -0.545 e. The number of aliphatic carboxylic acids is 2. The molecular formula is C22H38MgO4. The third-order valence-electron chi connectivity index (χ3n) is 4.85. The third-order valence-corrected chi connectivity index (χ3v) is 4.85. The molecule has 0 N–H and O–H groups in total. The van der Waals surface area contributed by atoms with Gasteiger partial charge >= 0.3 is 23.1 Å². The van der Waals surface area contributed by atoms with Crippen LogP contribution in [0.1, 0.15) is 116 Å². The fourth-order valence-electron chi connectivity index (χ4n) is 3.24. The number of carbonyl (C=O) groups is 2. The smallest absolute Gasteiger partial charge is 0.545 e. The van der Waals surface area contributed by atoms with E-state index in [2.05, 4.69) is 6.92 Å². The van der Waals surface area contributed by atoms with Gasteiger partial charge in [0.2, 0.25) is 0 Å². The van der Waals surface area contributed by atoms with Gasteiger partial charge in [0.25, 0.3) is 0 Å². The molecule has 0 aromatic rings. The van der Waals surface area contributed by atoms with E-state index in [1.165, 1.54) is 83.5 Å². The van der Waals surface area contributed by atoms with E-state index in [-0.39, 0.29) is 35.0 Å². The van der Waals surface area contributed by atoms with Crippen LogP contribution in [0.4, 0.5) is 0 Å². The number of carbonyl (C=O) groups excluding carboxylic acids is 2. The minimum absolute atomic E-state index is 0. The summed E-state index contributed by atoms with van der Waals surface area (Å²) in [7, 11) is 0. The monoisotopic (exact) mass is 390 g/mol. The average molecular weight is 391 g/mol. The molecule has 0 aromatic heterocycles. The van der Waals surface area contributed by atoms with Crippen molar-refractivity contribution in [2.24, 2.45) is 0 Å². The molecule has 0 bridgehead atoms. The van der Waals surface area contributed by atoms with Crippen LogP contribution in [-0.2, 0) is 9.59 Å². The third kappa shape index (κ3) is 21.6. The van der Waals surface area contributed by atoms with Crippen molar-refractivity contribution in [2.45, 2.75) is 116 Å². The van der Waals surface area contributed by atoms with E-state index in [0.29, 0.717) is 12.5 Å². The summed E-state index contributed by atoms with van der Waals surface area (Å²) < 4.78 is 0. The summed E-state index contributed by atoms with van der Waals surface area (Å²) in [5.41, 5.74) is -0.171. The summed E-state index contributed by atoms with van der Waals surface area (Å²) >= 11 is 0. The van der Waals surface area contributed by atoms with Crippen LogP contribution in [0.15, 0.2) is 11.6 Å². The fourth-order valence-corrected chi connectivity index (χ4v) is 3.24. The first kappa shape index (κ1) is 28.7. The molecule has 27 heavy (non-hydrogen) atoms. The molecule has 0 amide bonds. The molecule has 0 unspecified atom stereocenters. The van der Waals surface area contributed by atoms with E-state index in [1.807, 2.05) is 0 Å². The number of unbranched alkanes of at least 4 members (excludes halogenated alkanes) is 15. The van der Waals surface area contributed by atoms with Gasteiger partial charge in [0.1, 0.15) is 0 Å². The first-order chi connectivity index (χ1) is 12.6. The van der Waals surface area contributed by atoms with Crippen molar-refractivity contribution >= 4 is 35.0 Å². The van der Waals surface area contributed by atoms with Gasteiger partial charge in [0.05, 0.1) is 11.9 Å². The second-order valence-electron chi connectivity index (χ2n) is 7.33. The molecule has 0 saturated carbocycles. The molecule has 0 spiro atoms. The number of carboxylic acids is 2. The van der Waals surface area contributed by atoms with E-state index < -0.39 is 11.9 Å². The predicted octanol–water partition coefficient (Wildman–Crippen LogP) is 3.68. The van der Waals surface area contributed by atoms with Crippen LogP contribution < -0.4 is 10.2 Å². The molecule has 0 atom stereocenters. The van der Waals surface area contributed by atoms with Gasteiger partial charge in [0, 0.05) is 0 Å². The number of hydrogen-bond acceptors (Lipinski definition) is 4. The van der Waals surface area contributed by atoms with Crippen molar-refractivity contribution in [1.82, 2.24) is 0 Å². The molecule has 0 heterocycles. The normalized spacial score (nSPS) is 11.2. The van der Waals surface area contributed by atoms with Crippen LogP contribution in [0, 0.1) is 0 Å². The van der Waals surface area contributed by atoms with Crippen molar-refractivity contribution in [2.75, 3.05) is 0 Å². The Labute approximate surface area is 182 Å². The number of rotatable bonds is 19.